The van der Waals surface area contributed by atoms with E-state index in [0.29, 0.717) is 18.8 Å². The molecule has 0 saturated heterocycles. The van der Waals surface area contributed by atoms with Gasteiger partial charge in [-0.25, -0.2) is 4.79 Å². The SMILES string of the molecule is COc1ccc(C(OC(=O)NCCCCCCNC(C)=O)c2ccc(Oc3ccc(C4(c5ccc(C)cc5)c5ccccc5-c5ccccc54)cc3)cc2)cc1. The molecule has 1 aliphatic rings. The standard InChI is InChI=1S/C49H48N2O5/c1-34-16-22-38(23-17-34)49(45-14-8-6-12-43(45)44-13-7-9-15-46(44)49)39-24-30-42(31-25-39)55-41-28-20-37(21-29-41)47(36-18-26-40(54-3)27-19-36)56-48(53)51-33-11-5-4-10-32-50-35(2)52/h6-9,12-31,47H,4-5,10-11,32-33H2,1-3H3,(H,50,52)(H,51,53). The number of aryl methyl sites for hydroxylation is 1. The van der Waals surface area contributed by atoms with E-state index in [1.54, 1.807) is 7.11 Å². The summed E-state index contributed by atoms with van der Waals surface area (Å²) in [6.07, 6.45) is 2.53. The van der Waals surface area contributed by atoms with Crippen molar-refractivity contribution in [3.05, 3.63) is 185 Å². The van der Waals surface area contributed by atoms with Crippen LogP contribution in [0.1, 0.15) is 77.7 Å². The van der Waals surface area contributed by atoms with Crippen LogP contribution in [0.25, 0.3) is 11.1 Å². The largest absolute Gasteiger partial charge is 0.497 e. The van der Waals surface area contributed by atoms with Crippen LogP contribution in [0.3, 0.4) is 0 Å². The fourth-order valence-electron chi connectivity index (χ4n) is 7.76. The van der Waals surface area contributed by atoms with Gasteiger partial charge < -0.3 is 24.8 Å². The second kappa shape index (κ2) is 17.4. The Morgan fingerprint density at radius 1 is 0.571 bits per heavy atom. The van der Waals surface area contributed by atoms with E-state index in [9.17, 15) is 9.59 Å². The Labute approximate surface area is 329 Å². The van der Waals surface area contributed by atoms with E-state index >= 15 is 0 Å². The summed E-state index contributed by atoms with van der Waals surface area (Å²) in [5.41, 5.74) is 9.82. The second-order valence-electron chi connectivity index (χ2n) is 14.3. The zero-order valence-corrected chi connectivity index (χ0v) is 32.2. The van der Waals surface area contributed by atoms with Crippen LogP contribution in [0.2, 0.25) is 0 Å². The zero-order valence-electron chi connectivity index (χ0n) is 32.2. The molecule has 0 bridgehead atoms. The number of hydrogen-bond donors (Lipinski definition) is 2. The first-order valence-corrected chi connectivity index (χ1v) is 19.3. The molecule has 7 rings (SSSR count). The lowest BCUT2D eigenvalue weighted by Crippen LogP contribution is -2.28. The number of carbonyl (C=O) groups is 2. The molecule has 6 aromatic rings. The van der Waals surface area contributed by atoms with Crippen LogP contribution in [-0.4, -0.2) is 32.2 Å². The number of ether oxygens (including phenoxy) is 3. The van der Waals surface area contributed by atoms with Crippen molar-refractivity contribution in [2.75, 3.05) is 20.2 Å². The number of fused-ring (bicyclic) bond motifs is 3. The van der Waals surface area contributed by atoms with Crippen molar-refractivity contribution in [2.24, 2.45) is 0 Å². The third-order valence-corrected chi connectivity index (χ3v) is 10.5. The molecule has 1 atom stereocenters. The summed E-state index contributed by atoms with van der Waals surface area (Å²) >= 11 is 0. The first-order chi connectivity index (χ1) is 27.4. The molecule has 56 heavy (non-hydrogen) atoms. The maximum absolute atomic E-state index is 13.0. The molecular formula is C49H48N2O5. The summed E-state index contributed by atoms with van der Waals surface area (Å²) in [5.74, 6) is 2.09. The number of nitrogens with one attached hydrogen (secondary N) is 2. The average molecular weight is 745 g/mol. The molecule has 0 aliphatic heterocycles. The zero-order chi connectivity index (χ0) is 38.9. The fourth-order valence-corrected chi connectivity index (χ4v) is 7.76. The van der Waals surface area contributed by atoms with Gasteiger partial charge in [0.05, 0.1) is 12.5 Å². The van der Waals surface area contributed by atoms with E-state index in [-0.39, 0.29) is 5.91 Å². The maximum Gasteiger partial charge on any atom is 0.408 e. The minimum atomic E-state index is -0.637. The van der Waals surface area contributed by atoms with Gasteiger partial charge in [-0.3, -0.25) is 4.79 Å². The number of alkyl carbamates (subject to hydrolysis) is 1. The Kier molecular flexibility index (Phi) is 11.8. The molecule has 2 amide bonds. The number of carbonyl (C=O) groups excluding carboxylic acids is 2. The van der Waals surface area contributed by atoms with Crippen LogP contribution < -0.4 is 20.1 Å². The molecule has 0 radical (unpaired) electrons. The lowest BCUT2D eigenvalue weighted by molar-refractivity contribution is -0.118. The Morgan fingerprint density at radius 2 is 1.04 bits per heavy atom. The third kappa shape index (κ3) is 8.18. The number of methoxy groups -OCH3 is 1. The van der Waals surface area contributed by atoms with Gasteiger partial charge in [0.15, 0.2) is 6.10 Å². The molecule has 0 fully saturated rings. The summed E-state index contributed by atoms with van der Waals surface area (Å²) in [6, 6.07) is 50.0. The Morgan fingerprint density at radius 3 is 1.55 bits per heavy atom. The summed E-state index contributed by atoms with van der Waals surface area (Å²) in [6.45, 7) is 4.82. The molecule has 7 nitrogen and oxygen atoms in total. The van der Waals surface area contributed by atoms with E-state index in [2.05, 4.69) is 102 Å². The van der Waals surface area contributed by atoms with Gasteiger partial charge in [0.25, 0.3) is 0 Å². The number of rotatable bonds is 15. The Bertz CT molecular complexity index is 2200. The van der Waals surface area contributed by atoms with Crippen molar-refractivity contribution < 1.29 is 23.8 Å². The summed E-state index contributed by atoms with van der Waals surface area (Å²) in [7, 11) is 1.62. The number of amides is 2. The maximum atomic E-state index is 13.0. The Hall–Kier alpha value is -6.34. The van der Waals surface area contributed by atoms with Crippen molar-refractivity contribution in [2.45, 2.75) is 51.0 Å². The summed E-state index contributed by atoms with van der Waals surface area (Å²) < 4.78 is 17.8. The third-order valence-electron chi connectivity index (χ3n) is 10.5. The van der Waals surface area contributed by atoms with Crippen molar-refractivity contribution >= 4 is 12.0 Å². The fraction of sp³-hybridized carbons (Fsp3) is 0.224. The molecule has 7 heteroatoms. The van der Waals surface area contributed by atoms with E-state index in [1.807, 2.05) is 60.7 Å². The first-order valence-electron chi connectivity index (χ1n) is 19.3. The van der Waals surface area contributed by atoms with E-state index in [1.165, 1.54) is 45.9 Å². The molecule has 1 aliphatic carbocycles. The molecule has 2 N–H and O–H groups in total. The van der Waals surface area contributed by atoms with Gasteiger partial charge in [-0.1, -0.05) is 128 Å². The molecule has 0 aromatic heterocycles. The normalized spacial score (nSPS) is 12.8. The van der Waals surface area contributed by atoms with Crippen molar-refractivity contribution in [3.63, 3.8) is 0 Å². The predicted octanol–water partition coefficient (Wildman–Crippen LogP) is 10.7. The van der Waals surface area contributed by atoms with Crippen LogP contribution in [0.4, 0.5) is 4.79 Å². The van der Waals surface area contributed by atoms with Gasteiger partial charge in [-0.15, -0.1) is 0 Å². The van der Waals surface area contributed by atoms with Crippen LogP contribution in [0.5, 0.6) is 17.2 Å². The second-order valence-corrected chi connectivity index (χ2v) is 14.3. The molecule has 0 saturated carbocycles. The topological polar surface area (TPSA) is 85.9 Å². The number of unbranched alkanes of at least 4 members (excludes halogenated alkanes) is 3. The highest BCUT2D eigenvalue weighted by molar-refractivity contribution is 5.86. The first kappa shape index (κ1) is 38.0. The lowest BCUT2D eigenvalue weighted by Gasteiger charge is -2.34. The van der Waals surface area contributed by atoms with Gasteiger partial charge in [-0.05, 0) is 101 Å². The van der Waals surface area contributed by atoms with Crippen molar-refractivity contribution in [1.82, 2.24) is 10.6 Å². The Balaban J connectivity index is 1.08. The molecule has 6 aromatic carbocycles. The van der Waals surface area contributed by atoms with Gasteiger partial charge in [-0.2, -0.15) is 0 Å². The smallest absolute Gasteiger partial charge is 0.408 e. The molecule has 284 valence electrons. The summed E-state index contributed by atoms with van der Waals surface area (Å²) in [4.78, 5) is 24.0. The predicted molar refractivity (Wildman–Crippen MR) is 221 cm³/mol. The van der Waals surface area contributed by atoms with Gasteiger partial charge in [0.1, 0.15) is 17.2 Å². The highest BCUT2D eigenvalue weighted by atomic mass is 16.6. The van der Waals surface area contributed by atoms with Crippen LogP contribution in [0, 0.1) is 6.92 Å². The van der Waals surface area contributed by atoms with Gasteiger partial charge >= 0.3 is 6.09 Å². The lowest BCUT2D eigenvalue weighted by atomic mass is 9.67. The number of hydrogen-bond acceptors (Lipinski definition) is 5. The summed E-state index contributed by atoms with van der Waals surface area (Å²) in [5, 5.41) is 5.71. The van der Waals surface area contributed by atoms with Crippen LogP contribution in [0.15, 0.2) is 146 Å². The van der Waals surface area contributed by atoms with Crippen molar-refractivity contribution in [1.29, 1.82) is 0 Å². The molecule has 0 spiro atoms. The van der Waals surface area contributed by atoms with E-state index in [0.717, 1.165) is 48.3 Å². The average Bonchev–Trinajstić information content (AvgIpc) is 3.53. The molecule has 1 unspecified atom stereocenters. The van der Waals surface area contributed by atoms with Crippen LogP contribution in [-0.2, 0) is 14.9 Å². The molecular weight excluding hydrogens is 697 g/mol. The van der Waals surface area contributed by atoms with Crippen molar-refractivity contribution in [3.8, 4) is 28.4 Å². The monoisotopic (exact) mass is 744 g/mol. The van der Waals surface area contributed by atoms with Crippen LogP contribution >= 0.6 is 0 Å². The highest BCUT2D eigenvalue weighted by Gasteiger charge is 2.45. The quantitative estimate of drug-likeness (QED) is 0.102. The minimum Gasteiger partial charge on any atom is -0.497 e. The van der Waals surface area contributed by atoms with E-state index < -0.39 is 17.6 Å². The number of benzene rings is 6. The minimum absolute atomic E-state index is 0.0154. The van der Waals surface area contributed by atoms with Gasteiger partial charge in [0.2, 0.25) is 5.91 Å². The molecule has 0 heterocycles. The van der Waals surface area contributed by atoms with E-state index in [4.69, 9.17) is 14.2 Å². The highest BCUT2D eigenvalue weighted by Crippen LogP contribution is 2.56. The van der Waals surface area contributed by atoms with Gasteiger partial charge in [0, 0.05) is 20.0 Å².